The summed E-state index contributed by atoms with van der Waals surface area (Å²) in [7, 11) is -1.28. The zero-order valence-corrected chi connectivity index (χ0v) is 16.1. The molecule has 27 heavy (non-hydrogen) atoms. The first-order chi connectivity index (χ1) is 12.5. The van der Waals surface area contributed by atoms with Gasteiger partial charge in [0.15, 0.2) is 9.84 Å². The van der Waals surface area contributed by atoms with Gasteiger partial charge in [0, 0.05) is 31.0 Å². The second-order valence-corrected chi connectivity index (χ2v) is 9.14. The van der Waals surface area contributed by atoms with Crippen molar-refractivity contribution in [1.29, 1.82) is 0 Å². The first-order valence-electron chi connectivity index (χ1n) is 8.47. The van der Waals surface area contributed by atoms with Crippen LogP contribution in [0.5, 0.6) is 0 Å². The summed E-state index contributed by atoms with van der Waals surface area (Å²) in [6.45, 7) is 4.14. The van der Waals surface area contributed by atoms with E-state index in [2.05, 4.69) is 10.1 Å². The van der Waals surface area contributed by atoms with Crippen molar-refractivity contribution in [2.45, 2.75) is 39.0 Å². The Morgan fingerprint density at radius 2 is 2.00 bits per heavy atom. The maximum Gasteiger partial charge on any atom is 0.417 e. The number of hydrogen-bond donors (Lipinski definition) is 0. The van der Waals surface area contributed by atoms with Crippen LogP contribution in [0.1, 0.15) is 35.0 Å². The van der Waals surface area contributed by atoms with Gasteiger partial charge in [0.05, 0.1) is 28.8 Å². The Morgan fingerprint density at radius 1 is 1.30 bits per heavy atom. The van der Waals surface area contributed by atoms with E-state index in [9.17, 15) is 21.6 Å². The zero-order valence-electron chi connectivity index (χ0n) is 15.3. The quantitative estimate of drug-likeness (QED) is 0.787. The van der Waals surface area contributed by atoms with E-state index in [4.69, 9.17) is 0 Å². The maximum atomic E-state index is 12.7. The van der Waals surface area contributed by atoms with E-state index in [0.29, 0.717) is 18.8 Å². The molecule has 1 saturated heterocycles. The second kappa shape index (κ2) is 6.81. The molecule has 0 bridgehead atoms. The fourth-order valence-electron chi connectivity index (χ4n) is 3.35. The van der Waals surface area contributed by atoms with Crippen LogP contribution in [0, 0.1) is 13.8 Å². The number of aromatic nitrogens is 3. The normalized spacial score (nSPS) is 19.4. The van der Waals surface area contributed by atoms with E-state index in [0.717, 1.165) is 29.2 Å². The largest absolute Gasteiger partial charge is 0.417 e. The lowest BCUT2D eigenvalue weighted by Gasteiger charge is -2.19. The molecule has 0 aliphatic carbocycles. The minimum Gasteiger partial charge on any atom is -0.355 e. The molecule has 2 aromatic heterocycles. The highest BCUT2D eigenvalue weighted by atomic mass is 32.2. The topological polar surface area (TPSA) is 68.1 Å². The number of anilines is 1. The Balaban J connectivity index is 1.79. The van der Waals surface area contributed by atoms with Gasteiger partial charge in [-0.25, -0.2) is 13.4 Å². The van der Waals surface area contributed by atoms with Gasteiger partial charge in [-0.15, -0.1) is 0 Å². The molecule has 2 aromatic rings. The standard InChI is InChI=1S/C17H21F3N4O2S/c1-11-15(12(2)24(22-11)14-6-7-27(25,26)10-14)9-23(3)16-5-4-13(8-21-16)17(18,19)20/h4-5,8,14H,6-7,9-10H2,1-3H3/t14-/m1/s1. The molecule has 0 spiro atoms. The third-order valence-corrected chi connectivity index (χ3v) is 6.64. The van der Waals surface area contributed by atoms with Crippen molar-refractivity contribution in [3.8, 4) is 0 Å². The van der Waals surface area contributed by atoms with Gasteiger partial charge < -0.3 is 4.90 Å². The number of hydrogen-bond acceptors (Lipinski definition) is 5. The van der Waals surface area contributed by atoms with Gasteiger partial charge in [-0.2, -0.15) is 18.3 Å². The molecular weight excluding hydrogens is 381 g/mol. The molecule has 0 radical (unpaired) electrons. The maximum absolute atomic E-state index is 12.7. The van der Waals surface area contributed by atoms with Gasteiger partial charge >= 0.3 is 6.18 Å². The Kier molecular flexibility index (Phi) is 4.96. The number of rotatable bonds is 4. The van der Waals surface area contributed by atoms with Crippen molar-refractivity contribution in [2.75, 3.05) is 23.5 Å². The number of halogens is 3. The minimum atomic E-state index is -4.42. The first-order valence-corrected chi connectivity index (χ1v) is 10.3. The van der Waals surface area contributed by atoms with Crippen molar-refractivity contribution in [1.82, 2.24) is 14.8 Å². The van der Waals surface area contributed by atoms with Crippen molar-refractivity contribution in [3.63, 3.8) is 0 Å². The molecule has 148 valence electrons. The molecule has 3 rings (SSSR count). The van der Waals surface area contributed by atoms with Crippen molar-refractivity contribution >= 4 is 15.7 Å². The molecule has 0 aromatic carbocycles. The van der Waals surface area contributed by atoms with Crippen LogP contribution in [0.2, 0.25) is 0 Å². The van der Waals surface area contributed by atoms with Crippen molar-refractivity contribution in [3.05, 3.63) is 40.8 Å². The summed E-state index contributed by atoms with van der Waals surface area (Å²) < 4.78 is 63.3. The summed E-state index contributed by atoms with van der Waals surface area (Å²) >= 11 is 0. The van der Waals surface area contributed by atoms with Gasteiger partial charge in [0.25, 0.3) is 0 Å². The van der Waals surface area contributed by atoms with E-state index >= 15 is 0 Å². The summed E-state index contributed by atoms with van der Waals surface area (Å²) in [5, 5.41) is 4.51. The summed E-state index contributed by atoms with van der Waals surface area (Å²) in [5.74, 6) is 0.670. The zero-order chi connectivity index (χ0) is 20.0. The lowest BCUT2D eigenvalue weighted by Crippen LogP contribution is -2.19. The van der Waals surface area contributed by atoms with E-state index in [1.807, 2.05) is 13.8 Å². The van der Waals surface area contributed by atoms with Crippen LogP contribution < -0.4 is 4.90 Å². The summed E-state index contributed by atoms with van der Waals surface area (Å²) in [4.78, 5) is 5.65. The van der Waals surface area contributed by atoms with Gasteiger partial charge in [-0.05, 0) is 32.4 Å². The van der Waals surface area contributed by atoms with E-state index < -0.39 is 21.6 Å². The van der Waals surface area contributed by atoms with E-state index in [1.165, 1.54) is 6.07 Å². The highest BCUT2D eigenvalue weighted by Gasteiger charge is 2.32. The predicted octanol–water partition coefficient (Wildman–Crippen LogP) is 2.91. The molecule has 0 amide bonds. The minimum absolute atomic E-state index is 0.0880. The first kappa shape index (κ1) is 19.7. The van der Waals surface area contributed by atoms with Gasteiger partial charge in [-0.3, -0.25) is 4.68 Å². The number of aryl methyl sites for hydroxylation is 1. The predicted molar refractivity (Wildman–Crippen MR) is 95.4 cm³/mol. The van der Waals surface area contributed by atoms with Crippen LogP contribution in [-0.2, 0) is 22.6 Å². The van der Waals surface area contributed by atoms with Gasteiger partial charge in [0.2, 0.25) is 0 Å². The smallest absolute Gasteiger partial charge is 0.355 e. The van der Waals surface area contributed by atoms with Crippen LogP contribution in [0.4, 0.5) is 19.0 Å². The third-order valence-electron chi connectivity index (χ3n) is 4.89. The average molecular weight is 402 g/mol. The van der Waals surface area contributed by atoms with Crippen LogP contribution in [0.3, 0.4) is 0 Å². The van der Waals surface area contributed by atoms with E-state index in [1.54, 1.807) is 16.6 Å². The van der Waals surface area contributed by atoms with Crippen LogP contribution >= 0.6 is 0 Å². The highest BCUT2D eigenvalue weighted by Crippen LogP contribution is 2.30. The second-order valence-electron chi connectivity index (χ2n) is 6.91. The monoisotopic (exact) mass is 402 g/mol. The number of sulfone groups is 1. The summed E-state index contributed by atoms with van der Waals surface area (Å²) in [5.41, 5.74) is 1.77. The molecule has 1 atom stereocenters. The molecule has 1 fully saturated rings. The fraction of sp³-hybridized carbons (Fsp3) is 0.529. The Labute approximate surface area is 155 Å². The Morgan fingerprint density at radius 3 is 2.52 bits per heavy atom. The summed E-state index contributed by atoms with van der Waals surface area (Å²) in [6.07, 6.45) is -3.06. The molecule has 10 heteroatoms. The lowest BCUT2D eigenvalue weighted by atomic mass is 10.1. The van der Waals surface area contributed by atoms with Crippen molar-refractivity contribution < 1.29 is 21.6 Å². The Hall–Kier alpha value is -2.10. The Bertz CT molecular complexity index is 936. The molecular formula is C17H21F3N4O2S. The molecule has 1 aliphatic rings. The molecule has 0 N–H and O–H groups in total. The molecule has 1 aliphatic heterocycles. The molecule has 0 unspecified atom stereocenters. The third kappa shape index (κ3) is 4.10. The van der Waals surface area contributed by atoms with Crippen molar-refractivity contribution in [2.24, 2.45) is 0 Å². The molecule has 6 nitrogen and oxygen atoms in total. The average Bonchev–Trinajstić information content (AvgIpc) is 3.07. The van der Waals surface area contributed by atoms with Gasteiger partial charge in [0.1, 0.15) is 5.82 Å². The molecule has 3 heterocycles. The lowest BCUT2D eigenvalue weighted by molar-refractivity contribution is -0.137. The van der Waals surface area contributed by atoms with Crippen LogP contribution in [0.15, 0.2) is 18.3 Å². The van der Waals surface area contributed by atoms with E-state index in [-0.39, 0.29) is 17.5 Å². The van der Waals surface area contributed by atoms with Crippen LogP contribution in [0.25, 0.3) is 0 Å². The summed E-state index contributed by atoms with van der Waals surface area (Å²) in [6, 6.07) is 2.17. The van der Waals surface area contributed by atoms with Crippen LogP contribution in [-0.4, -0.2) is 41.7 Å². The number of alkyl halides is 3. The highest BCUT2D eigenvalue weighted by molar-refractivity contribution is 7.91. The number of pyridine rings is 1. The van der Waals surface area contributed by atoms with Gasteiger partial charge in [-0.1, -0.05) is 0 Å². The number of nitrogens with zero attached hydrogens (tertiary/aromatic N) is 4. The SMILES string of the molecule is Cc1nn([C@@H]2CCS(=O)(=O)C2)c(C)c1CN(C)c1ccc(C(F)(F)F)cn1. The fourth-order valence-corrected chi connectivity index (χ4v) is 5.04. The molecule has 0 saturated carbocycles.